The van der Waals surface area contributed by atoms with Gasteiger partial charge in [-0.05, 0) is 62.6 Å². The molecule has 0 bridgehead atoms. The van der Waals surface area contributed by atoms with Gasteiger partial charge in [0.25, 0.3) is 0 Å². The molecule has 4 nitrogen and oxygen atoms in total. The summed E-state index contributed by atoms with van der Waals surface area (Å²) in [5, 5.41) is 17.1. The molecule has 0 unspecified atom stereocenters. The molecule has 23 heavy (non-hydrogen) atoms. The van der Waals surface area contributed by atoms with Crippen LogP contribution in [0.1, 0.15) is 49.3 Å². The Morgan fingerprint density at radius 2 is 2.00 bits per heavy atom. The van der Waals surface area contributed by atoms with Gasteiger partial charge in [-0.2, -0.15) is 0 Å². The first-order valence-corrected chi connectivity index (χ1v) is 8.80. The lowest BCUT2D eigenvalue weighted by atomic mass is 9.88. The summed E-state index contributed by atoms with van der Waals surface area (Å²) in [4.78, 5) is 4.72. The van der Waals surface area contributed by atoms with Crippen LogP contribution in [0.4, 0.5) is 0 Å². The number of fused-ring (bicyclic) bond motifs is 1. The fourth-order valence-electron chi connectivity index (χ4n) is 3.47. The molecular weight excluding hydrogens is 286 g/mol. The summed E-state index contributed by atoms with van der Waals surface area (Å²) in [7, 11) is 0. The number of nitrogens with zero attached hydrogens (tertiary/aromatic N) is 1. The van der Waals surface area contributed by atoms with Crippen LogP contribution in [0.25, 0.3) is 0 Å². The van der Waals surface area contributed by atoms with Gasteiger partial charge in [-0.25, -0.2) is 4.99 Å². The van der Waals surface area contributed by atoms with Gasteiger partial charge in [0, 0.05) is 18.2 Å². The van der Waals surface area contributed by atoms with E-state index in [4.69, 9.17) is 4.99 Å². The number of aromatic hydroxyl groups is 1. The lowest BCUT2D eigenvalue weighted by Gasteiger charge is -2.20. The van der Waals surface area contributed by atoms with Crippen molar-refractivity contribution in [2.75, 3.05) is 6.54 Å². The number of guanidine groups is 1. The maximum atomic E-state index is 10.3. The molecule has 0 fully saturated rings. The Hall–Kier alpha value is -1.97. The predicted octanol–water partition coefficient (Wildman–Crippen LogP) is 3.04. The molecule has 0 amide bonds. The van der Waals surface area contributed by atoms with Gasteiger partial charge >= 0.3 is 0 Å². The molecule has 0 aromatic heterocycles. The van der Waals surface area contributed by atoms with Crippen LogP contribution in [0, 0.1) is 0 Å². The van der Waals surface area contributed by atoms with Gasteiger partial charge in [-0.15, -0.1) is 0 Å². The molecule has 3 N–H and O–H groups in total. The summed E-state index contributed by atoms with van der Waals surface area (Å²) in [6.45, 7) is 3.45. The highest BCUT2D eigenvalue weighted by molar-refractivity contribution is 5.80. The van der Waals surface area contributed by atoms with Crippen LogP contribution in [-0.4, -0.2) is 23.7 Å². The highest BCUT2D eigenvalue weighted by Gasteiger charge is 2.17. The van der Waals surface area contributed by atoms with Gasteiger partial charge in [0.05, 0.1) is 6.54 Å². The molecule has 1 aromatic rings. The normalized spacial score (nSPS) is 18.0. The summed E-state index contributed by atoms with van der Waals surface area (Å²) >= 11 is 0. The molecule has 0 atom stereocenters. The zero-order valence-corrected chi connectivity index (χ0v) is 13.9. The van der Waals surface area contributed by atoms with Gasteiger partial charge in [0.15, 0.2) is 5.96 Å². The van der Waals surface area contributed by atoms with E-state index in [1.165, 1.54) is 24.0 Å². The number of phenols is 1. The second kappa shape index (κ2) is 7.53. The van der Waals surface area contributed by atoms with Crippen molar-refractivity contribution in [3.63, 3.8) is 0 Å². The molecule has 0 aliphatic heterocycles. The topological polar surface area (TPSA) is 56.7 Å². The number of benzene rings is 1. The van der Waals surface area contributed by atoms with Crippen molar-refractivity contribution in [1.29, 1.82) is 0 Å². The lowest BCUT2D eigenvalue weighted by molar-refractivity contribution is 0.465. The van der Waals surface area contributed by atoms with Crippen molar-refractivity contribution in [2.45, 2.75) is 58.0 Å². The third-order valence-electron chi connectivity index (χ3n) is 4.71. The molecular formula is C19H27N3O. The number of aryl methyl sites for hydroxylation is 1. The van der Waals surface area contributed by atoms with E-state index >= 15 is 0 Å². The van der Waals surface area contributed by atoms with Crippen LogP contribution < -0.4 is 10.6 Å². The second-order valence-corrected chi connectivity index (χ2v) is 6.39. The Labute approximate surface area is 138 Å². The van der Waals surface area contributed by atoms with Crippen LogP contribution in [0.5, 0.6) is 5.75 Å². The lowest BCUT2D eigenvalue weighted by Crippen LogP contribution is -2.42. The number of hydrogen-bond acceptors (Lipinski definition) is 2. The molecule has 1 aromatic carbocycles. The van der Waals surface area contributed by atoms with Crippen LogP contribution in [0.3, 0.4) is 0 Å². The quantitative estimate of drug-likeness (QED) is 0.455. The molecule has 0 heterocycles. The molecule has 0 saturated heterocycles. The first-order chi connectivity index (χ1) is 11.3. The van der Waals surface area contributed by atoms with Gasteiger partial charge in [-0.1, -0.05) is 18.2 Å². The SMILES string of the molecule is CCNC(=NCc1c(O)ccc2c1CCCC2)NC1CC=CC1. The molecule has 2 aliphatic carbocycles. The van der Waals surface area contributed by atoms with E-state index in [2.05, 4.69) is 35.8 Å². The van der Waals surface area contributed by atoms with E-state index in [0.717, 1.165) is 43.8 Å². The summed E-state index contributed by atoms with van der Waals surface area (Å²) in [6.07, 6.45) is 11.2. The highest BCUT2D eigenvalue weighted by atomic mass is 16.3. The summed E-state index contributed by atoms with van der Waals surface area (Å²) in [5.41, 5.74) is 3.71. The smallest absolute Gasteiger partial charge is 0.191 e. The van der Waals surface area contributed by atoms with E-state index in [1.54, 1.807) is 0 Å². The maximum absolute atomic E-state index is 10.3. The van der Waals surface area contributed by atoms with E-state index < -0.39 is 0 Å². The first-order valence-electron chi connectivity index (χ1n) is 8.80. The number of hydrogen-bond donors (Lipinski definition) is 3. The average molecular weight is 313 g/mol. The largest absolute Gasteiger partial charge is 0.508 e. The fraction of sp³-hybridized carbons (Fsp3) is 0.526. The van der Waals surface area contributed by atoms with Crippen LogP contribution in [-0.2, 0) is 19.4 Å². The highest BCUT2D eigenvalue weighted by Crippen LogP contribution is 2.31. The van der Waals surface area contributed by atoms with E-state index in [-0.39, 0.29) is 0 Å². The minimum absolute atomic E-state index is 0.382. The van der Waals surface area contributed by atoms with E-state index in [9.17, 15) is 5.11 Å². The van der Waals surface area contributed by atoms with Gasteiger partial charge < -0.3 is 15.7 Å². The minimum Gasteiger partial charge on any atom is -0.508 e. The van der Waals surface area contributed by atoms with Crippen molar-refractivity contribution in [3.8, 4) is 5.75 Å². The van der Waals surface area contributed by atoms with Crippen molar-refractivity contribution in [3.05, 3.63) is 41.0 Å². The predicted molar refractivity (Wildman–Crippen MR) is 94.9 cm³/mol. The Bertz CT molecular complexity index is 599. The standard InChI is InChI=1S/C19H27N3O/c1-2-20-19(22-15-8-4-5-9-15)21-13-17-16-10-6-3-7-14(16)11-12-18(17)23/h4-5,11-12,15,23H,2-3,6-10,13H2,1H3,(H2,20,21,22). The molecule has 2 aliphatic rings. The summed E-state index contributed by atoms with van der Waals surface area (Å²) < 4.78 is 0. The number of aliphatic imine (C=N–C) groups is 1. The second-order valence-electron chi connectivity index (χ2n) is 6.39. The molecule has 0 radical (unpaired) electrons. The Morgan fingerprint density at radius 3 is 2.78 bits per heavy atom. The molecule has 124 valence electrons. The summed E-state index contributed by atoms with van der Waals surface area (Å²) in [6, 6.07) is 4.34. The zero-order chi connectivity index (χ0) is 16.1. The number of nitrogens with one attached hydrogen (secondary N) is 2. The Balaban J connectivity index is 1.76. The van der Waals surface area contributed by atoms with E-state index in [0.29, 0.717) is 18.3 Å². The summed E-state index contributed by atoms with van der Waals surface area (Å²) in [5.74, 6) is 1.22. The van der Waals surface area contributed by atoms with Crippen molar-refractivity contribution >= 4 is 5.96 Å². The molecule has 3 rings (SSSR count). The van der Waals surface area contributed by atoms with Crippen LogP contribution in [0.2, 0.25) is 0 Å². The van der Waals surface area contributed by atoms with Crippen molar-refractivity contribution in [2.24, 2.45) is 4.99 Å². The third kappa shape index (κ3) is 3.87. The zero-order valence-electron chi connectivity index (χ0n) is 13.9. The third-order valence-corrected chi connectivity index (χ3v) is 4.71. The maximum Gasteiger partial charge on any atom is 0.191 e. The van der Waals surface area contributed by atoms with Crippen molar-refractivity contribution in [1.82, 2.24) is 10.6 Å². The van der Waals surface area contributed by atoms with Gasteiger partial charge in [0.2, 0.25) is 0 Å². The van der Waals surface area contributed by atoms with Gasteiger partial charge in [-0.3, -0.25) is 0 Å². The van der Waals surface area contributed by atoms with Crippen molar-refractivity contribution < 1.29 is 5.11 Å². The number of phenolic OH excluding ortho intramolecular Hbond substituents is 1. The van der Waals surface area contributed by atoms with Gasteiger partial charge in [0.1, 0.15) is 5.75 Å². The Kier molecular flexibility index (Phi) is 5.21. The van der Waals surface area contributed by atoms with Crippen LogP contribution >= 0.6 is 0 Å². The molecule has 0 saturated carbocycles. The molecule has 0 spiro atoms. The van der Waals surface area contributed by atoms with Crippen LogP contribution in [0.15, 0.2) is 29.3 Å². The number of rotatable bonds is 4. The Morgan fingerprint density at radius 1 is 1.22 bits per heavy atom. The average Bonchev–Trinajstić information content (AvgIpc) is 3.07. The monoisotopic (exact) mass is 313 g/mol. The fourth-order valence-corrected chi connectivity index (χ4v) is 3.47. The first kappa shape index (κ1) is 15.9. The molecule has 4 heteroatoms. The minimum atomic E-state index is 0.382. The van der Waals surface area contributed by atoms with E-state index in [1.807, 2.05) is 6.07 Å².